The summed E-state index contributed by atoms with van der Waals surface area (Å²) in [4.78, 5) is 12.9. The van der Waals surface area contributed by atoms with Crippen LogP contribution in [-0.2, 0) is 16.6 Å². The molecule has 9 heteroatoms. The lowest BCUT2D eigenvalue weighted by molar-refractivity contribution is 0.102. The molecule has 1 amide bonds. The molecule has 2 N–H and O–H groups in total. The van der Waals surface area contributed by atoms with E-state index in [1.165, 1.54) is 24.5 Å². The van der Waals surface area contributed by atoms with Gasteiger partial charge in [-0.25, -0.2) is 13.1 Å². The van der Waals surface area contributed by atoms with Gasteiger partial charge in [0.05, 0.1) is 31.9 Å². The fourth-order valence-corrected chi connectivity index (χ4v) is 4.49. The normalized spacial score (nSPS) is 11.1. The molecule has 1 heterocycles. The average molecular weight is 493 g/mol. The molecule has 0 atom stereocenters. The van der Waals surface area contributed by atoms with Crippen molar-refractivity contribution >= 4 is 21.6 Å². The minimum Gasteiger partial charge on any atom is -0.497 e. The molecule has 0 fully saturated rings. The molecule has 0 aliphatic heterocycles. The van der Waals surface area contributed by atoms with Crippen molar-refractivity contribution in [3.8, 4) is 22.6 Å². The molecular formula is C26H24N2O6S. The van der Waals surface area contributed by atoms with E-state index in [1.807, 2.05) is 24.3 Å². The van der Waals surface area contributed by atoms with Crippen molar-refractivity contribution in [1.82, 2.24) is 4.72 Å². The zero-order chi connectivity index (χ0) is 24.8. The van der Waals surface area contributed by atoms with Crippen LogP contribution in [0.15, 0.2) is 94.4 Å². The molecule has 8 nitrogen and oxygen atoms in total. The summed E-state index contributed by atoms with van der Waals surface area (Å²) in [6.45, 7) is 0.00570. The summed E-state index contributed by atoms with van der Waals surface area (Å²) in [6, 6.07) is 21.9. The number of furan rings is 1. The number of nitrogens with one attached hydrogen (secondary N) is 2. The van der Waals surface area contributed by atoms with Crippen LogP contribution in [0.1, 0.15) is 16.1 Å². The van der Waals surface area contributed by atoms with Crippen LogP contribution in [-0.4, -0.2) is 28.5 Å². The van der Waals surface area contributed by atoms with E-state index in [0.29, 0.717) is 17.2 Å². The Hall–Kier alpha value is -4.08. The van der Waals surface area contributed by atoms with Crippen LogP contribution in [0.25, 0.3) is 11.1 Å². The highest BCUT2D eigenvalue weighted by atomic mass is 32.2. The van der Waals surface area contributed by atoms with E-state index < -0.39 is 15.9 Å². The van der Waals surface area contributed by atoms with Crippen LogP contribution >= 0.6 is 0 Å². The van der Waals surface area contributed by atoms with Gasteiger partial charge in [0, 0.05) is 16.8 Å². The lowest BCUT2D eigenvalue weighted by atomic mass is 10.0. The molecule has 4 rings (SSSR count). The molecule has 0 bridgehead atoms. The van der Waals surface area contributed by atoms with Crippen LogP contribution in [0.4, 0.5) is 5.69 Å². The van der Waals surface area contributed by atoms with Gasteiger partial charge < -0.3 is 19.2 Å². The second-order valence-corrected chi connectivity index (χ2v) is 9.30. The van der Waals surface area contributed by atoms with E-state index in [2.05, 4.69) is 10.0 Å². The molecular weight excluding hydrogens is 468 g/mol. The molecule has 0 aliphatic carbocycles. The average Bonchev–Trinajstić information content (AvgIpc) is 3.41. The Kier molecular flexibility index (Phi) is 7.19. The van der Waals surface area contributed by atoms with Gasteiger partial charge in [0.2, 0.25) is 10.0 Å². The van der Waals surface area contributed by atoms with Crippen molar-refractivity contribution in [3.63, 3.8) is 0 Å². The van der Waals surface area contributed by atoms with Gasteiger partial charge >= 0.3 is 0 Å². The second-order valence-electron chi connectivity index (χ2n) is 7.53. The van der Waals surface area contributed by atoms with Crippen LogP contribution in [0.2, 0.25) is 0 Å². The van der Waals surface area contributed by atoms with Crippen LogP contribution in [0.5, 0.6) is 11.5 Å². The van der Waals surface area contributed by atoms with E-state index in [-0.39, 0.29) is 17.0 Å². The summed E-state index contributed by atoms with van der Waals surface area (Å²) in [6.07, 6.45) is 1.47. The van der Waals surface area contributed by atoms with Crippen molar-refractivity contribution in [2.45, 2.75) is 11.4 Å². The van der Waals surface area contributed by atoms with Gasteiger partial charge in [-0.1, -0.05) is 18.2 Å². The molecule has 0 radical (unpaired) electrons. The van der Waals surface area contributed by atoms with Gasteiger partial charge in [-0.2, -0.15) is 0 Å². The lowest BCUT2D eigenvalue weighted by Gasteiger charge is -2.13. The lowest BCUT2D eigenvalue weighted by Crippen LogP contribution is -2.23. The third kappa shape index (κ3) is 5.71. The van der Waals surface area contributed by atoms with Gasteiger partial charge in [0.25, 0.3) is 5.91 Å². The SMILES string of the molecule is COc1ccc(-c2cc(NC(=O)c3cccc(S(=O)(=O)NCc4ccco4)c3)ccc2OC)cc1. The van der Waals surface area contributed by atoms with Crippen molar-refractivity contribution in [2.24, 2.45) is 0 Å². The maximum atomic E-state index is 12.9. The maximum Gasteiger partial charge on any atom is 0.255 e. The molecule has 35 heavy (non-hydrogen) atoms. The number of carbonyl (C=O) groups excluding carboxylic acids is 1. The van der Waals surface area contributed by atoms with Gasteiger partial charge in [-0.15, -0.1) is 0 Å². The minimum absolute atomic E-state index is 0.00570. The highest BCUT2D eigenvalue weighted by molar-refractivity contribution is 7.89. The molecule has 1 aromatic heterocycles. The number of carbonyl (C=O) groups is 1. The Balaban J connectivity index is 1.53. The fourth-order valence-electron chi connectivity index (χ4n) is 3.45. The summed E-state index contributed by atoms with van der Waals surface area (Å²) in [7, 11) is -0.665. The summed E-state index contributed by atoms with van der Waals surface area (Å²) in [5.74, 6) is 1.41. The molecule has 0 saturated heterocycles. The molecule has 3 aromatic carbocycles. The number of sulfonamides is 1. The number of rotatable bonds is 9. The van der Waals surface area contributed by atoms with Gasteiger partial charge in [-0.3, -0.25) is 4.79 Å². The smallest absolute Gasteiger partial charge is 0.255 e. The number of anilines is 1. The number of benzene rings is 3. The third-order valence-electron chi connectivity index (χ3n) is 5.28. The van der Waals surface area contributed by atoms with E-state index in [1.54, 1.807) is 50.6 Å². The van der Waals surface area contributed by atoms with E-state index in [9.17, 15) is 13.2 Å². The van der Waals surface area contributed by atoms with Crippen molar-refractivity contribution < 1.29 is 27.1 Å². The van der Waals surface area contributed by atoms with Crippen LogP contribution < -0.4 is 19.5 Å². The Bertz CT molecular complexity index is 1410. The number of hydrogen-bond acceptors (Lipinski definition) is 6. The Morgan fingerprint density at radius 1 is 0.914 bits per heavy atom. The predicted octanol–water partition coefficient (Wildman–Crippen LogP) is 4.69. The first kappa shape index (κ1) is 24.1. The largest absolute Gasteiger partial charge is 0.497 e. The van der Waals surface area contributed by atoms with Crippen molar-refractivity contribution in [1.29, 1.82) is 0 Å². The number of methoxy groups -OCH3 is 2. The first-order chi connectivity index (χ1) is 16.9. The molecule has 0 saturated carbocycles. The van der Waals surface area contributed by atoms with Gasteiger partial charge in [-0.05, 0) is 66.2 Å². The molecule has 0 unspecified atom stereocenters. The second kappa shape index (κ2) is 10.5. The molecule has 0 spiro atoms. The zero-order valence-corrected chi connectivity index (χ0v) is 20.0. The Morgan fingerprint density at radius 3 is 2.40 bits per heavy atom. The van der Waals surface area contributed by atoms with E-state index in [0.717, 1.165) is 16.9 Å². The van der Waals surface area contributed by atoms with E-state index >= 15 is 0 Å². The summed E-state index contributed by atoms with van der Waals surface area (Å²) in [5, 5.41) is 2.83. The molecule has 4 aromatic rings. The van der Waals surface area contributed by atoms with Gasteiger partial charge in [0.15, 0.2) is 0 Å². The first-order valence-corrected chi connectivity index (χ1v) is 12.1. The van der Waals surface area contributed by atoms with Gasteiger partial charge in [0.1, 0.15) is 17.3 Å². The summed E-state index contributed by atoms with van der Waals surface area (Å²) < 4.78 is 43.7. The highest BCUT2D eigenvalue weighted by Gasteiger charge is 2.17. The number of ether oxygens (including phenoxy) is 2. The van der Waals surface area contributed by atoms with Crippen molar-refractivity contribution in [2.75, 3.05) is 19.5 Å². The summed E-state index contributed by atoms with van der Waals surface area (Å²) in [5.41, 5.74) is 2.40. The predicted molar refractivity (Wildman–Crippen MR) is 132 cm³/mol. The molecule has 180 valence electrons. The zero-order valence-electron chi connectivity index (χ0n) is 19.1. The first-order valence-electron chi connectivity index (χ1n) is 10.7. The highest BCUT2D eigenvalue weighted by Crippen LogP contribution is 2.33. The minimum atomic E-state index is -3.84. The summed E-state index contributed by atoms with van der Waals surface area (Å²) >= 11 is 0. The third-order valence-corrected chi connectivity index (χ3v) is 6.68. The Labute approximate surface area is 203 Å². The monoisotopic (exact) mass is 492 g/mol. The topological polar surface area (TPSA) is 107 Å². The number of hydrogen-bond donors (Lipinski definition) is 2. The Morgan fingerprint density at radius 2 is 1.71 bits per heavy atom. The van der Waals surface area contributed by atoms with E-state index in [4.69, 9.17) is 13.9 Å². The fraction of sp³-hybridized carbons (Fsp3) is 0.115. The number of amides is 1. The quantitative estimate of drug-likeness (QED) is 0.351. The standard InChI is InChI=1S/C26H24N2O6S/c1-32-21-11-8-18(9-12-21)24-16-20(10-13-25(24)33-2)28-26(29)19-5-3-7-23(15-19)35(30,31)27-17-22-6-4-14-34-22/h3-16,27H,17H2,1-2H3,(H,28,29). The van der Waals surface area contributed by atoms with Crippen LogP contribution in [0, 0.1) is 0 Å². The molecule has 0 aliphatic rings. The maximum absolute atomic E-state index is 12.9. The van der Waals surface area contributed by atoms with Crippen molar-refractivity contribution in [3.05, 3.63) is 96.4 Å². The van der Waals surface area contributed by atoms with Crippen LogP contribution in [0.3, 0.4) is 0 Å².